The number of likely N-dealkylation sites (tertiary alicyclic amines) is 1. The topological polar surface area (TPSA) is 111 Å². The van der Waals surface area contributed by atoms with E-state index in [2.05, 4.69) is 15.3 Å². The summed E-state index contributed by atoms with van der Waals surface area (Å²) in [5.41, 5.74) is 2.16. The number of H-pyrrole nitrogens is 1. The Morgan fingerprint density at radius 1 is 1.37 bits per heavy atom. The van der Waals surface area contributed by atoms with Crippen LogP contribution in [0.3, 0.4) is 0 Å². The molecule has 4 rings (SSSR count). The molecule has 2 amide bonds. The second kappa shape index (κ2) is 7.24. The van der Waals surface area contributed by atoms with Gasteiger partial charge < -0.3 is 24.7 Å². The number of carbonyl (C=O) groups is 2. The van der Waals surface area contributed by atoms with Crippen LogP contribution in [0, 0.1) is 5.92 Å². The number of rotatable bonds is 4. The van der Waals surface area contributed by atoms with Crippen LogP contribution in [0.1, 0.15) is 27.3 Å². The van der Waals surface area contributed by atoms with Gasteiger partial charge in [-0.15, -0.1) is 0 Å². The molecule has 1 aliphatic rings. The van der Waals surface area contributed by atoms with E-state index >= 15 is 0 Å². The van der Waals surface area contributed by atoms with Crippen molar-refractivity contribution >= 4 is 22.8 Å². The van der Waals surface area contributed by atoms with E-state index in [0.29, 0.717) is 25.1 Å². The number of imidazole rings is 1. The summed E-state index contributed by atoms with van der Waals surface area (Å²) in [4.78, 5) is 33.5. The van der Waals surface area contributed by atoms with Crippen molar-refractivity contribution in [3.8, 4) is 0 Å². The zero-order valence-corrected chi connectivity index (χ0v) is 14.6. The minimum absolute atomic E-state index is 0.108. The van der Waals surface area contributed by atoms with Crippen molar-refractivity contribution in [2.45, 2.75) is 12.5 Å². The maximum atomic E-state index is 12.7. The van der Waals surface area contributed by atoms with Crippen molar-refractivity contribution in [3.63, 3.8) is 0 Å². The number of piperidine rings is 1. The number of aliphatic hydroxyl groups is 1. The predicted molar refractivity (Wildman–Crippen MR) is 97.2 cm³/mol. The summed E-state index contributed by atoms with van der Waals surface area (Å²) in [7, 11) is 0. The quantitative estimate of drug-likeness (QED) is 0.645. The van der Waals surface area contributed by atoms with E-state index in [1.165, 1.54) is 6.26 Å². The van der Waals surface area contributed by atoms with Gasteiger partial charge in [-0.2, -0.15) is 0 Å². The minimum atomic E-state index is -0.699. The second-order valence-corrected chi connectivity index (χ2v) is 6.69. The van der Waals surface area contributed by atoms with Crippen molar-refractivity contribution in [2.24, 2.45) is 5.92 Å². The molecule has 3 N–H and O–H groups in total. The van der Waals surface area contributed by atoms with Crippen LogP contribution in [-0.2, 0) is 0 Å². The van der Waals surface area contributed by atoms with Gasteiger partial charge in [-0.1, -0.05) is 0 Å². The average Bonchev–Trinajstić information content (AvgIpc) is 3.37. The molecule has 2 aromatic heterocycles. The van der Waals surface area contributed by atoms with Gasteiger partial charge in [0.05, 0.1) is 29.7 Å². The molecule has 8 nitrogen and oxygen atoms in total. The molecule has 0 aliphatic carbocycles. The Morgan fingerprint density at radius 3 is 3.04 bits per heavy atom. The number of carbonyl (C=O) groups excluding carboxylic acids is 2. The number of benzene rings is 1. The Labute approximate surface area is 155 Å². The first-order valence-electron chi connectivity index (χ1n) is 8.84. The molecule has 3 heterocycles. The first kappa shape index (κ1) is 17.3. The van der Waals surface area contributed by atoms with Crippen LogP contribution < -0.4 is 5.32 Å². The summed E-state index contributed by atoms with van der Waals surface area (Å²) >= 11 is 0. The summed E-state index contributed by atoms with van der Waals surface area (Å²) in [6.45, 7) is 1.10. The fourth-order valence-corrected chi connectivity index (χ4v) is 3.37. The maximum absolute atomic E-state index is 12.7. The van der Waals surface area contributed by atoms with Crippen molar-refractivity contribution in [1.82, 2.24) is 20.2 Å². The van der Waals surface area contributed by atoms with E-state index in [4.69, 9.17) is 4.42 Å². The number of aromatic amines is 1. The highest BCUT2D eigenvalue weighted by Crippen LogP contribution is 2.21. The van der Waals surface area contributed by atoms with Crippen LogP contribution in [0.25, 0.3) is 11.0 Å². The van der Waals surface area contributed by atoms with Crippen molar-refractivity contribution < 1.29 is 19.1 Å². The van der Waals surface area contributed by atoms with E-state index in [-0.39, 0.29) is 30.0 Å². The van der Waals surface area contributed by atoms with Gasteiger partial charge in [-0.25, -0.2) is 4.98 Å². The lowest BCUT2D eigenvalue weighted by Crippen LogP contribution is -2.49. The summed E-state index contributed by atoms with van der Waals surface area (Å²) in [6.07, 6.45) is 2.94. The Morgan fingerprint density at radius 2 is 2.26 bits per heavy atom. The summed E-state index contributed by atoms with van der Waals surface area (Å²) in [5.74, 6) is -0.295. The van der Waals surface area contributed by atoms with Gasteiger partial charge in [0.25, 0.3) is 11.8 Å². The first-order valence-corrected chi connectivity index (χ1v) is 8.84. The minimum Gasteiger partial charge on any atom is -0.459 e. The average molecular weight is 368 g/mol. The number of furan rings is 1. The van der Waals surface area contributed by atoms with Gasteiger partial charge in [-0.05, 0) is 36.8 Å². The number of aromatic nitrogens is 2. The molecule has 0 saturated carbocycles. The highest BCUT2D eigenvalue weighted by Gasteiger charge is 2.31. The van der Waals surface area contributed by atoms with Gasteiger partial charge in [0.2, 0.25) is 0 Å². The normalized spacial score (nSPS) is 20.0. The second-order valence-electron chi connectivity index (χ2n) is 6.69. The molecule has 2 atom stereocenters. The monoisotopic (exact) mass is 368 g/mol. The van der Waals surface area contributed by atoms with Gasteiger partial charge in [0.15, 0.2) is 5.76 Å². The Balaban J connectivity index is 1.35. The van der Waals surface area contributed by atoms with Crippen LogP contribution in [0.4, 0.5) is 0 Å². The number of nitrogens with zero attached hydrogens (tertiary/aromatic N) is 2. The molecular weight excluding hydrogens is 348 g/mol. The lowest BCUT2D eigenvalue weighted by atomic mass is 9.93. The van der Waals surface area contributed by atoms with Gasteiger partial charge >= 0.3 is 0 Å². The van der Waals surface area contributed by atoms with Gasteiger partial charge in [0, 0.05) is 31.1 Å². The molecule has 140 valence electrons. The van der Waals surface area contributed by atoms with Crippen LogP contribution in [0.15, 0.2) is 47.3 Å². The third-order valence-corrected chi connectivity index (χ3v) is 4.95. The molecule has 0 unspecified atom stereocenters. The highest BCUT2D eigenvalue weighted by atomic mass is 16.3. The number of β-amino-alcohol motifs (C(OH)–C–C–N with tert-alkyl or cyclic N) is 1. The van der Waals surface area contributed by atoms with E-state index in [1.54, 1.807) is 41.6 Å². The molecule has 1 aromatic carbocycles. The molecular formula is C19H20N4O4. The SMILES string of the molecule is O=C(NC[C@@H]1CCN(C(=O)c2ccc3nc[nH]c3c2)C[C@H]1O)c1ccco1. The molecule has 8 heteroatoms. The summed E-state index contributed by atoms with van der Waals surface area (Å²) < 4.78 is 5.05. The van der Waals surface area contributed by atoms with Gasteiger partial charge in [0.1, 0.15) is 0 Å². The molecule has 1 saturated heterocycles. The zero-order chi connectivity index (χ0) is 18.8. The third kappa shape index (κ3) is 3.56. The molecule has 0 radical (unpaired) electrons. The summed E-state index contributed by atoms with van der Waals surface area (Å²) in [5, 5.41) is 13.2. The van der Waals surface area contributed by atoms with E-state index in [0.717, 1.165) is 11.0 Å². The van der Waals surface area contributed by atoms with Gasteiger partial charge in [-0.3, -0.25) is 9.59 Å². The number of hydrogen-bond donors (Lipinski definition) is 3. The number of hydrogen-bond acceptors (Lipinski definition) is 5. The lowest BCUT2D eigenvalue weighted by Gasteiger charge is -2.36. The zero-order valence-electron chi connectivity index (χ0n) is 14.6. The van der Waals surface area contributed by atoms with E-state index in [9.17, 15) is 14.7 Å². The molecule has 1 fully saturated rings. The number of amides is 2. The smallest absolute Gasteiger partial charge is 0.286 e. The van der Waals surface area contributed by atoms with Crippen molar-refractivity contribution in [3.05, 3.63) is 54.2 Å². The Hall–Kier alpha value is -3.13. The fourth-order valence-electron chi connectivity index (χ4n) is 3.37. The lowest BCUT2D eigenvalue weighted by molar-refractivity contribution is 0.0197. The Kier molecular flexibility index (Phi) is 4.64. The predicted octanol–water partition coefficient (Wildman–Crippen LogP) is 1.41. The summed E-state index contributed by atoms with van der Waals surface area (Å²) in [6, 6.07) is 8.55. The van der Waals surface area contributed by atoms with E-state index < -0.39 is 6.10 Å². The van der Waals surface area contributed by atoms with Crippen molar-refractivity contribution in [2.75, 3.05) is 19.6 Å². The maximum Gasteiger partial charge on any atom is 0.286 e. The third-order valence-electron chi connectivity index (χ3n) is 4.95. The molecule has 27 heavy (non-hydrogen) atoms. The van der Waals surface area contributed by atoms with Crippen LogP contribution in [0.5, 0.6) is 0 Å². The van der Waals surface area contributed by atoms with Crippen LogP contribution in [-0.4, -0.2) is 57.5 Å². The number of fused-ring (bicyclic) bond motifs is 1. The fraction of sp³-hybridized carbons (Fsp3) is 0.316. The highest BCUT2D eigenvalue weighted by molar-refractivity contribution is 5.97. The van der Waals surface area contributed by atoms with Crippen LogP contribution >= 0.6 is 0 Å². The molecule has 0 bridgehead atoms. The molecule has 1 aliphatic heterocycles. The first-order chi connectivity index (χ1) is 13.1. The number of nitrogens with one attached hydrogen (secondary N) is 2. The number of aliphatic hydroxyl groups excluding tert-OH is 1. The van der Waals surface area contributed by atoms with E-state index in [1.807, 2.05) is 0 Å². The van der Waals surface area contributed by atoms with Crippen molar-refractivity contribution in [1.29, 1.82) is 0 Å². The molecule has 0 spiro atoms. The standard InChI is InChI=1S/C19H20N4O4/c24-16-10-23(19(26)12-3-4-14-15(8-12)22-11-21-14)6-5-13(16)9-20-18(25)17-2-1-7-27-17/h1-4,7-8,11,13,16,24H,5-6,9-10H2,(H,20,25)(H,21,22)/t13-,16+/m0/s1. The largest absolute Gasteiger partial charge is 0.459 e. The van der Waals surface area contributed by atoms with Crippen LogP contribution in [0.2, 0.25) is 0 Å². The molecule has 3 aromatic rings. The Bertz CT molecular complexity index is 950.